The van der Waals surface area contributed by atoms with Gasteiger partial charge in [0.25, 0.3) is 0 Å². The molecule has 0 atom stereocenters. The van der Waals surface area contributed by atoms with E-state index in [0.29, 0.717) is 18.0 Å². The smallest absolute Gasteiger partial charge is 0.218 e. The molecule has 0 N–H and O–H groups in total. The molecule has 0 radical (unpaired) electrons. The first kappa shape index (κ1) is 12.3. The molecule has 5 heteroatoms. The monoisotopic (exact) mass is 267 g/mol. The number of pyridine rings is 2. The molecular formula is C15H13N3O2. The third-order valence-corrected chi connectivity index (χ3v) is 3.18. The molecule has 20 heavy (non-hydrogen) atoms. The fourth-order valence-electron chi connectivity index (χ4n) is 2.28. The van der Waals surface area contributed by atoms with E-state index in [1.165, 1.54) is 0 Å². The summed E-state index contributed by atoms with van der Waals surface area (Å²) in [7, 11) is 1.59. The van der Waals surface area contributed by atoms with Crippen LogP contribution >= 0.6 is 0 Å². The molecule has 3 rings (SSSR count). The minimum atomic E-state index is 0.554. The van der Waals surface area contributed by atoms with Gasteiger partial charge in [0.05, 0.1) is 13.7 Å². The number of fused-ring (bicyclic) bond motifs is 1. The highest BCUT2D eigenvalue weighted by Crippen LogP contribution is 2.21. The minimum absolute atomic E-state index is 0.554. The lowest BCUT2D eigenvalue weighted by molar-refractivity contribution is 0.112. The van der Waals surface area contributed by atoms with Crippen LogP contribution in [-0.4, -0.2) is 27.9 Å². The Labute approximate surface area is 115 Å². The molecule has 0 saturated heterocycles. The van der Waals surface area contributed by atoms with Crippen LogP contribution in [0.4, 0.5) is 0 Å². The van der Waals surface area contributed by atoms with Gasteiger partial charge in [0.1, 0.15) is 5.65 Å². The summed E-state index contributed by atoms with van der Waals surface area (Å²) in [6.45, 7) is 0.554. The summed E-state index contributed by atoms with van der Waals surface area (Å²) in [5, 5.41) is 0.852. The quantitative estimate of drug-likeness (QED) is 0.681. The van der Waals surface area contributed by atoms with Gasteiger partial charge in [-0.1, -0.05) is 6.07 Å². The predicted molar refractivity (Wildman–Crippen MR) is 75.0 cm³/mol. The zero-order valence-corrected chi connectivity index (χ0v) is 11.0. The molecule has 0 amide bonds. The van der Waals surface area contributed by atoms with Gasteiger partial charge in [-0.05, 0) is 18.2 Å². The number of aldehydes is 1. The molecule has 100 valence electrons. The lowest BCUT2D eigenvalue weighted by Crippen LogP contribution is -2.02. The van der Waals surface area contributed by atoms with Crippen molar-refractivity contribution < 1.29 is 9.53 Å². The first-order valence-electron chi connectivity index (χ1n) is 6.20. The molecule has 5 nitrogen and oxygen atoms in total. The number of ether oxygens (including phenoxy) is 1. The van der Waals surface area contributed by atoms with Crippen molar-refractivity contribution in [1.29, 1.82) is 0 Å². The molecule has 0 saturated carbocycles. The summed E-state index contributed by atoms with van der Waals surface area (Å²) in [6, 6.07) is 7.52. The second-order valence-electron chi connectivity index (χ2n) is 4.38. The summed E-state index contributed by atoms with van der Waals surface area (Å²) < 4.78 is 7.18. The molecule has 0 aliphatic rings. The van der Waals surface area contributed by atoms with Crippen molar-refractivity contribution in [1.82, 2.24) is 14.5 Å². The van der Waals surface area contributed by atoms with Gasteiger partial charge in [-0.2, -0.15) is 0 Å². The average Bonchev–Trinajstić information content (AvgIpc) is 2.86. The van der Waals surface area contributed by atoms with Crippen LogP contribution in [0, 0.1) is 0 Å². The highest BCUT2D eigenvalue weighted by Gasteiger charge is 2.11. The van der Waals surface area contributed by atoms with Crippen molar-refractivity contribution >= 4 is 17.3 Å². The van der Waals surface area contributed by atoms with Crippen LogP contribution < -0.4 is 4.74 Å². The zero-order chi connectivity index (χ0) is 13.9. The minimum Gasteiger partial charge on any atom is -0.481 e. The molecule has 0 aliphatic carbocycles. The van der Waals surface area contributed by atoms with Gasteiger partial charge >= 0.3 is 0 Å². The molecule has 0 spiro atoms. The highest BCUT2D eigenvalue weighted by atomic mass is 16.5. The Morgan fingerprint density at radius 3 is 2.85 bits per heavy atom. The molecule has 0 fully saturated rings. The third-order valence-electron chi connectivity index (χ3n) is 3.18. The van der Waals surface area contributed by atoms with E-state index < -0.39 is 0 Å². The van der Waals surface area contributed by atoms with E-state index >= 15 is 0 Å². The third kappa shape index (κ3) is 2.03. The fourth-order valence-corrected chi connectivity index (χ4v) is 2.28. The molecular weight excluding hydrogens is 254 g/mol. The normalized spacial score (nSPS) is 10.7. The number of methoxy groups -OCH3 is 1. The maximum absolute atomic E-state index is 11.1. The van der Waals surface area contributed by atoms with Crippen molar-refractivity contribution in [2.75, 3.05) is 7.11 Å². The number of aromatic nitrogens is 3. The van der Waals surface area contributed by atoms with Crippen LogP contribution in [-0.2, 0) is 6.54 Å². The predicted octanol–water partition coefficient (Wildman–Crippen LogP) is 2.30. The maximum atomic E-state index is 11.1. The Balaban J connectivity index is 2.09. The zero-order valence-electron chi connectivity index (χ0n) is 11.0. The summed E-state index contributed by atoms with van der Waals surface area (Å²) in [4.78, 5) is 19.7. The molecule has 3 aromatic heterocycles. The van der Waals surface area contributed by atoms with Crippen molar-refractivity contribution in [3.63, 3.8) is 0 Å². The Morgan fingerprint density at radius 1 is 1.25 bits per heavy atom. The molecule has 3 aromatic rings. The largest absolute Gasteiger partial charge is 0.481 e. The van der Waals surface area contributed by atoms with E-state index in [2.05, 4.69) is 9.97 Å². The van der Waals surface area contributed by atoms with Gasteiger partial charge in [-0.15, -0.1) is 0 Å². The van der Waals surface area contributed by atoms with Crippen LogP contribution in [0.1, 0.15) is 15.9 Å². The average molecular weight is 267 g/mol. The van der Waals surface area contributed by atoms with Gasteiger partial charge in [-0.3, -0.25) is 4.79 Å². The molecule has 0 bridgehead atoms. The summed E-state index contributed by atoms with van der Waals surface area (Å²) >= 11 is 0. The van der Waals surface area contributed by atoms with E-state index in [9.17, 15) is 4.79 Å². The topological polar surface area (TPSA) is 57.0 Å². The fraction of sp³-hybridized carbons (Fsp3) is 0.133. The van der Waals surface area contributed by atoms with Crippen molar-refractivity contribution in [3.8, 4) is 5.88 Å². The lowest BCUT2D eigenvalue weighted by Gasteiger charge is -2.08. The Morgan fingerprint density at radius 2 is 2.05 bits per heavy atom. The first-order valence-corrected chi connectivity index (χ1v) is 6.20. The number of carbonyl (C=O) groups excluding carboxylic acids is 1. The Bertz CT molecular complexity index is 765. The van der Waals surface area contributed by atoms with Gasteiger partial charge in [0.15, 0.2) is 6.29 Å². The second-order valence-corrected chi connectivity index (χ2v) is 4.38. The SMILES string of the molecule is COc1ncccc1Cn1cc(C=O)c2cccnc21. The van der Waals surface area contributed by atoms with Crippen LogP contribution in [0.25, 0.3) is 11.0 Å². The second kappa shape index (κ2) is 5.13. The van der Waals surface area contributed by atoms with E-state index in [1.807, 2.05) is 28.8 Å². The summed E-state index contributed by atoms with van der Waals surface area (Å²) in [5.74, 6) is 0.581. The Kier molecular flexibility index (Phi) is 3.16. The van der Waals surface area contributed by atoms with E-state index in [-0.39, 0.29) is 0 Å². The summed E-state index contributed by atoms with van der Waals surface area (Å²) in [6.07, 6.45) is 6.05. The van der Waals surface area contributed by atoms with E-state index in [0.717, 1.165) is 22.9 Å². The summed E-state index contributed by atoms with van der Waals surface area (Å²) in [5.41, 5.74) is 2.35. The number of hydrogen-bond acceptors (Lipinski definition) is 4. The maximum Gasteiger partial charge on any atom is 0.218 e. The molecule has 0 aromatic carbocycles. The van der Waals surface area contributed by atoms with Gasteiger partial charge in [-0.25, -0.2) is 9.97 Å². The van der Waals surface area contributed by atoms with Crippen molar-refractivity contribution in [2.24, 2.45) is 0 Å². The molecule has 0 unspecified atom stereocenters. The van der Waals surface area contributed by atoms with Crippen molar-refractivity contribution in [3.05, 3.63) is 54.0 Å². The van der Waals surface area contributed by atoms with E-state index in [4.69, 9.17) is 4.74 Å². The van der Waals surface area contributed by atoms with Gasteiger partial charge in [0, 0.05) is 35.1 Å². The first-order chi connectivity index (χ1) is 9.83. The number of rotatable bonds is 4. The standard InChI is InChI=1S/C15H13N3O2/c1-20-15-11(4-2-7-17-15)8-18-9-12(10-19)13-5-3-6-16-14(13)18/h2-7,9-10H,8H2,1H3. The lowest BCUT2D eigenvalue weighted by atomic mass is 10.2. The number of carbonyl (C=O) groups is 1. The molecule has 3 heterocycles. The van der Waals surface area contributed by atoms with Gasteiger partial charge < -0.3 is 9.30 Å². The van der Waals surface area contributed by atoms with Crippen LogP contribution in [0.15, 0.2) is 42.9 Å². The number of nitrogens with zero attached hydrogens (tertiary/aromatic N) is 3. The molecule has 0 aliphatic heterocycles. The number of hydrogen-bond donors (Lipinski definition) is 0. The van der Waals surface area contributed by atoms with Crippen LogP contribution in [0.3, 0.4) is 0 Å². The van der Waals surface area contributed by atoms with Crippen molar-refractivity contribution in [2.45, 2.75) is 6.54 Å². The van der Waals surface area contributed by atoms with Crippen LogP contribution in [0.5, 0.6) is 5.88 Å². The highest BCUT2D eigenvalue weighted by molar-refractivity contribution is 5.95. The van der Waals surface area contributed by atoms with Crippen LogP contribution in [0.2, 0.25) is 0 Å². The van der Waals surface area contributed by atoms with Gasteiger partial charge in [0.2, 0.25) is 5.88 Å². The van der Waals surface area contributed by atoms with E-state index in [1.54, 1.807) is 25.7 Å². The Hall–Kier alpha value is -2.69.